The Morgan fingerprint density at radius 1 is 1.02 bits per heavy atom. The molecule has 1 atom stereocenters. The summed E-state index contributed by atoms with van der Waals surface area (Å²) in [5.74, 6) is -2.52. The molecule has 0 radical (unpaired) electrons. The number of carbonyl (C=O) groups is 3. The van der Waals surface area contributed by atoms with Gasteiger partial charge in [0, 0.05) is 44.4 Å². The first kappa shape index (κ1) is 31.5. The molecular weight excluding hydrogens is 590 g/mol. The van der Waals surface area contributed by atoms with Crippen LogP contribution in [0, 0.1) is 11.6 Å². The topological polar surface area (TPSA) is 112 Å². The van der Waals surface area contributed by atoms with E-state index in [4.69, 9.17) is 0 Å². The van der Waals surface area contributed by atoms with Crippen LogP contribution in [0.4, 0.5) is 13.6 Å². The first-order chi connectivity index (χ1) is 20.8. The molecule has 0 bridgehead atoms. The van der Waals surface area contributed by atoms with E-state index >= 15 is 0 Å². The summed E-state index contributed by atoms with van der Waals surface area (Å²) < 4.78 is 29.8. The number of aromatic nitrogens is 3. The molecule has 3 heterocycles. The van der Waals surface area contributed by atoms with Crippen molar-refractivity contribution < 1.29 is 28.3 Å². The molecule has 3 amide bonds. The van der Waals surface area contributed by atoms with E-state index in [2.05, 4.69) is 30.9 Å². The Hall–Kier alpha value is -3.94. The SMILES string of the molecule is CC(C)(C)c1ccc(/C=C2\SC(=O)N(CC(=O)N3CCN(CC(O)(Cn4cncn4)c4ccc(F)cc4F)CC3)C2=O)cc1. The van der Waals surface area contributed by atoms with Crippen molar-refractivity contribution in [3.63, 3.8) is 0 Å². The number of halogens is 2. The van der Waals surface area contributed by atoms with E-state index in [0.29, 0.717) is 13.1 Å². The number of nitrogens with zero attached hydrogens (tertiary/aromatic N) is 6. The molecule has 1 N–H and O–H groups in total. The van der Waals surface area contributed by atoms with Crippen molar-refractivity contribution in [1.29, 1.82) is 0 Å². The molecule has 2 aliphatic heterocycles. The Balaban J connectivity index is 1.20. The molecule has 10 nitrogen and oxygen atoms in total. The maximum Gasteiger partial charge on any atom is 0.294 e. The van der Waals surface area contributed by atoms with Gasteiger partial charge in [0.2, 0.25) is 5.91 Å². The number of hydrogen-bond donors (Lipinski definition) is 1. The molecule has 44 heavy (non-hydrogen) atoms. The largest absolute Gasteiger partial charge is 0.382 e. The fourth-order valence-electron chi connectivity index (χ4n) is 5.30. The van der Waals surface area contributed by atoms with Gasteiger partial charge in [0.25, 0.3) is 11.1 Å². The van der Waals surface area contributed by atoms with E-state index in [-0.39, 0.29) is 54.5 Å². The van der Waals surface area contributed by atoms with Crippen LogP contribution >= 0.6 is 11.8 Å². The lowest BCUT2D eigenvalue weighted by atomic mass is 9.87. The van der Waals surface area contributed by atoms with E-state index in [1.165, 1.54) is 23.4 Å². The molecule has 2 fully saturated rings. The number of piperazine rings is 1. The fourth-order valence-corrected chi connectivity index (χ4v) is 6.14. The first-order valence-electron chi connectivity index (χ1n) is 14.2. The smallest absolute Gasteiger partial charge is 0.294 e. The normalized spacial score (nSPS) is 18.7. The van der Waals surface area contributed by atoms with Gasteiger partial charge in [-0.2, -0.15) is 5.10 Å². The number of thioether (sulfide) groups is 1. The van der Waals surface area contributed by atoms with E-state index in [0.717, 1.165) is 39.9 Å². The van der Waals surface area contributed by atoms with Gasteiger partial charge in [-0.15, -0.1) is 0 Å². The maximum absolute atomic E-state index is 14.8. The summed E-state index contributed by atoms with van der Waals surface area (Å²) in [5, 5.41) is 15.1. The summed E-state index contributed by atoms with van der Waals surface area (Å²) in [6.45, 7) is 7.07. The van der Waals surface area contributed by atoms with Crippen LogP contribution in [0.25, 0.3) is 6.08 Å². The second-order valence-corrected chi connectivity index (χ2v) is 13.0. The molecule has 232 valence electrons. The average Bonchev–Trinajstić information content (AvgIpc) is 3.56. The van der Waals surface area contributed by atoms with Gasteiger partial charge in [-0.05, 0) is 40.4 Å². The van der Waals surface area contributed by atoms with Gasteiger partial charge in [0.15, 0.2) is 0 Å². The van der Waals surface area contributed by atoms with E-state index in [1.807, 2.05) is 29.2 Å². The summed E-state index contributed by atoms with van der Waals surface area (Å²) >= 11 is 0.809. The number of benzene rings is 2. The first-order valence-corrected chi connectivity index (χ1v) is 15.0. The molecule has 2 aromatic carbocycles. The molecule has 0 aliphatic carbocycles. The van der Waals surface area contributed by atoms with Gasteiger partial charge < -0.3 is 10.0 Å². The third-order valence-electron chi connectivity index (χ3n) is 7.77. The molecule has 5 rings (SSSR count). The third kappa shape index (κ3) is 7.06. The molecule has 1 aromatic heterocycles. The van der Waals surface area contributed by atoms with E-state index in [9.17, 15) is 28.3 Å². The van der Waals surface area contributed by atoms with Crippen LogP contribution in [0.15, 0.2) is 60.0 Å². The monoisotopic (exact) mass is 624 g/mol. The van der Waals surface area contributed by atoms with Crippen molar-refractivity contribution in [3.8, 4) is 0 Å². The quantitative estimate of drug-likeness (QED) is 0.379. The summed E-state index contributed by atoms with van der Waals surface area (Å²) in [6.07, 6.45) is 4.35. The highest BCUT2D eigenvalue weighted by atomic mass is 32.2. The van der Waals surface area contributed by atoms with Crippen LogP contribution in [0.1, 0.15) is 37.5 Å². The fraction of sp³-hybridized carbons (Fsp3) is 0.387. The maximum atomic E-state index is 14.8. The predicted molar refractivity (Wildman–Crippen MR) is 161 cm³/mol. The third-order valence-corrected chi connectivity index (χ3v) is 8.68. The van der Waals surface area contributed by atoms with Crippen LogP contribution < -0.4 is 0 Å². The second kappa shape index (κ2) is 12.6. The minimum Gasteiger partial charge on any atom is -0.382 e. The minimum absolute atomic E-state index is 0.0118. The Morgan fingerprint density at radius 2 is 1.73 bits per heavy atom. The van der Waals surface area contributed by atoms with Gasteiger partial charge in [0.1, 0.15) is 36.4 Å². The molecular formula is C31H34F2N6O4S. The summed E-state index contributed by atoms with van der Waals surface area (Å²) in [5.41, 5.74) is 0.0813. The molecule has 2 saturated heterocycles. The summed E-state index contributed by atoms with van der Waals surface area (Å²) in [6, 6.07) is 10.8. The molecule has 3 aromatic rings. The van der Waals surface area contributed by atoms with Gasteiger partial charge >= 0.3 is 0 Å². The van der Waals surface area contributed by atoms with Crippen LogP contribution in [0.3, 0.4) is 0 Å². The van der Waals surface area contributed by atoms with Crippen LogP contribution in [-0.4, -0.2) is 90.9 Å². The highest BCUT2D eigenvalue weighted by Crippen LogP contribution is 2.33. The zero-order valence-electron chi connectivity index (χ0n) is 24.7. The average molecular weight is 625 g/mol. The Morgan fingerprint density at radius 3 is 2.34 bits per heavy atom. The van der Waals surface area contributed by atoms with Gasteiger partial charge in [-0.3, -0.25) is 24.2 Å². The number of imide groups is 1. The Bertz CT molecular complexity index is 1570. The van der Waals surface area contributed by atoms with Crippen molar-refractivity contribution >= 4 is 34.9 Å². The van der Waals surface area contributed by atoms with Crippen LogP contribution in [0.5, 0.6) is 0 Å². The summed E-state index contributed by atoms with van der Waals surface area (Å²) in [7, 11) is 0. The van der Waals surface area contributed by atoms with Gasteiger partial charge in [-0.25, -0.2) is 18.4 Å². The minimum atomic E-state index is -1.76. The van der Waals surface area contributed by atoms with Crippen molar-refractivity contribution in [3.05, 3.63) is 88.3 Å². The highest BCUT2D eigenvalue weighted by Gasteiger charge is 2.39. The standard InChI is InChI=1S/C31H34F2N6O4S/c1-30(2,3)22-6-4-21(5-7-22)14-26-28(41)39(29(42)44-26)16-27(40)37-12-10-36(11-13-37)17-31(43,18-38-20-34-19-35-38)24-9-8-23(32)15-25(24)33/h4-9,14-15,19-20,43H,10-13,16-18H2,1-3H3/b26-14-. The number of aliphatic hydroxyl groups is 1. The number of β-amino-alcohol motifs (C(OH)–C–C–N with tert-alkyl or cyclic N) is 1. The Kier molecular flexibility index (Phi) is 9.00. The van der Waals surface area contributed by atoms with Crippen molar-refractivity contribution in [2.75, 3.05) is 39.3 Å². The van der Waals surface area contributed by atoms with Crippen molar-refractivity contribution in [2.45, 2.75) is 38.3 Å². The molecule has 13 heteroatoms. The number of hydrogen-bond acceptors (Lipinski definition) is 8. The molecule has 2 aliphatic rings. The van der Waals surface area contributed by atoms with Crippen molar-refractivity contribution in [1.82, 2.24) is 29.5 Å². The molecule has 0 spiro atoms. The predicted octanol–water partition coefficient (Wildman–Crippen LogP) is 3.62. The van der Waals surface area contributed by atoms with Crippen LogP contribution in [0.2, 0.25) is 0 Å². The molecule has 0 saturated carbocycles. The van der Waals surface area contributed by atoms with Gasteiger partial charge in [-0.1, -0.05) is 51.1 Å². The van der Waals surface area contributed by atoms with Crippen molar-refractivity contribution in [2.24, 2.45) is 0 Å². The lowest BCUT2D eigenvalue weighted by Gasteiger charge is -2.40. The Labute approximate surface area is 258 Å². The molecule has 1 unspecified atom stereocenters. The zero-order chi connectivity index (χ0) is 31.6. The lowest BCUT2D eigenvalue weighted by molar-refractivity contribution is -0.137. The number of rotatable bonds is 8. The highest BCUT2D eigenvalue weighted by molar-refractivity contribution is 8.18. The number of amides is 3. The lowest BCUT2D eigenvalue weighted by Crippen LogP contribution is -2.55. The van der Waals surface area contributed by atoms with E-state index in [1.54, 1.807) is 11.0 Å². The second-order valence-electron chi connectivity index (χ2n) is 12.0. The summed E-state index contributed by atoms with van der Waals surface area (Å²) in [4.78, 5) is 47.3. The zero-order valence-corrected chi connectivity index (χ0v) is 25.6. The van der Waals surface area contributed by atoms with E-state index < -0.39 is 28.4 Å². The van der Waals surface area contributed by atoms with Crippen LogP contribution in [-0.2, 0) is 27.1 Å². The van der Waals surface area contributed by atoms with Gasteiger partial charge in [0.05, 0.1) is 11.4 Å². The number of carbonyl (C=O) groups excluding carboxylic acids is 3.